The lowest BCUT2D eigenvalue weighted by Gasteiger charge is -2.04. The van der Waals surface area contributed by atoms with E-state index in [1.54, 1.807) is 6.07 Å². The summed E-state index contributed by atoms with van der Waals surface area (Å²) in [6, 6.07) is 3.01. The van der Waals surface area contributed by atoms with Crippen molar-refractivity contribution in [1.29, 1.82) is 0 Å². The molecule has 1 aromatic rings. The molecule has 1 rings (SSSR count). The molecule has 0 unspecified atom stereocenters. The van der Waals surface area contributed by atoms with Gasteiger partial charge in [0.05, 0.1) is 11.6 Å². The largest absolute Gasteiger partial charge is 0.345 e. The Labute approximate surface area is 84.1 Å². The number of hydrogen-bond donors (Lipinski definition) is 1. The highest BCUT2D eigenvalue weighted by Crippen LogP contribution is 2.11. The van der Waals surface area contributed by atoms with Crippen molar-refractivity contribution < 1.29 is 13.6 Å². The van der Waals surface area contributed by atoms with Crippen molar-refractivity contribution in [2.24, 2.45) is 0 Å². The summed E-state index contributed by atoms with van der Waals surface area (Å²) in [6.45, 7) is -0.703. The van der Waals surface area contributed by atoms with E-state index in [2.05, 4.69) is 4.98 Å². The van der Waals surface area contributed by atoms with Crippen molar-refractivity contribution in [2.75, 3.05) is 6.54 Å². The summed E-state index contributed by atoms with van der Waals surface area (Å²) in [7, 11) is 0. The van der Waals surface area contributed by atoms with Gasteiger partial charge in [0.15, 0.2) is 0 Å². The number of halogens is 3. The van der Waals surface area contributed by atoms with Crippen molar-refractivity contribution in [3.05, 3.63) is 29.0 Å². The maximum atomic E-state index is 11.7. The Morgan fingerprint density at radius 1 is 1.64 bits per heavy atom. The fourth-order valence-electron chi connectivity index (χ4n) is 0.806. The summed E-state index contributed by atoms with van der Waals surface area (Å²) in [5.74, 6) is -0.698. The van der Waals surface area contributed by atoms with Crippen molar-refractivity contribution >= 4 is 17.5 Å². The molecule has 6 heteroatoms. The molecule has 0 aliphatic carbocycles. The van der Waals surface area contributed by atoms with Crippen LogP contribution in [0.25, 0.3) is 0 Å². The Hall–Kier alpha value is -1.23. The molecular weight excluding hydrogens is 214 g/mol. The van der Waals surface area contributed by atoms with Crippen LogP contribution in [0.3, 0.4) is 0 Å². The molecule has 0 bridgehead atoms. The molecule has 3 nitrogen and oxygen atoms in total. The number of alkyl halides is 2. The van der Waals surface area contributed by atoms with Crippen molar-refractivity contribution in [3.63, 3.8) is 0 Å². The van der Waals surface area contributed by atoms with Crippen LogP contribution in [0.5, 0.6) is 0 Å². The molecule has 1 aromatic heterocycles. The van der Waals surface area contributed by atoms with E-state index < -0.39 is 18.9 Å². The van der Waals surface area contributed by atoms with Crippen LogP contribution in [0.2, 0.25) is 5.02 Å². The molecule has 0 fully saturated rings. The third kappa shape index (κ3) is 2.92. The SMILES string of the molecule is O=C(NCC(F)F)c1ncccc1Cl. The lowest BCUT2D eigenvalue weighted by Crippen LogP contribution is -2.29. The van der Waals surface area contributed by atoms with Crippen molar-refractivity contribution in [1.82, 2.24) is 10.3 Å². The van der Waals surface area contributed by atoms with Gasteiger partial charge < -0.3 is 5.32 Å². The second kappa shape index (κ2) is 4.85. The van der Waals surface area contributed by atoms with E-state index in [9.17, 15) is 13.6 Å². The zero-order valence-corrected chi connectivity index (χ0v) is 7.76. The number of aromatic nitrogens is 1. The van der Waals surface area contributed by atoms with Gasteiger partial charge in [0.25, 0.3) is 12.3 Å². The van der Waals surface area contributed by atoms with Crippen LogP contribution in [-0.2, 0) is 0 Å². The predicted octanol–water partition coefficient (Wildman–Crippen LogP) is 1.73. The Bertz CT molecular complexity index is 333. The highest BCUT2D eigenvalue weighted by molar-refractivity contribution is 6.33. The maximum Gasteiger partial charge on any atom is 0.271 e. The molecule has 1 heterocycles. The van der Waals surface area contributed by atoms with Gasteiger partial charge in [-0.2, -0.15) is 0 Å². The molecule has 1 N–H and O–H groups in total. The average molecular weight is 221 g/mol. The Morgan fingerprint density at radius 3 is 2.93 bits per heavy atom. The average Bonchev–Trinajstić information content (AvgIpc) is 2.15. The lowest BCUT2D eigenvalue weighted by molar-refractivity contribution is 0.0887. The number of nitrogens with one attached hydrogen (secondary N) is 1. The van der Waals surface area contributed by atoms with Gasteiger partial charge in [0, 0.05) is 6.20 Å². The van der Waals surface area contributed by atoms with E-state index in [0.29, 0.717) is 0 Å². The van der Waals surface area contributed by atoms with E-state index in [4.69, 9.17) is 11.6 Å². The van der Waals surface area contributed by atoms with Crippen molar-refractivity contribution in [2.45, 2.75) is 6.43 Å². The minimum atomic E-state index is -2.58. The summed E-state index contributed by atoms with van der Waals surface area (Å²) in [5.41, 5.74) is -0.0465. The van der Waals surface area contributed by atoms with Crippen LogP contribution in [-0.4, -0.2) is 23.9 Å². The Balaban J connectivity index is 2.65. The van der Waals surface area contributed by atoms with Crippen LogP contribution in [0.15, 0.2) is 18.3 Å². The lowest BCUT2D eigenvalue weighted by atomic mass is 10.3. The van der Waals surface area contributed by atoms with Crippen LogP contribution >= 0.6 is 11.6 Å². The molecule has 14 heavy (non-hydrogen) atoms. The predicted molar refractivity (Wildman–Crippen MR) is 47.6 cm³/mol. The highest BCUT2D eigenvalue weighted by atomic mass is 35.5. The molecular formula is C8H7ClF2N2O. The number of hydrogen-bond acceptors (Lipinski definition) is 2. The number of rotatable bonds is 3. The van der Waals surface area contributed by atoms with Gasteiger partial charge in [0.2, 0.25) is 0 Å². The third-order valence-corrected chi connectivity index (χ3v) is 1.70. The van der Waals surface area contributed by atoms with Gasteiger partial charge in [-0.1, -0.05) is 11.6 Å². The van der Waals surface area contributed by atoms with Gasteiger partial charge in [-0.15, -0.1) is 0 Å². The molecule has 1 amide bonds. The number of nitrogens with zero attached hydrogens (tertiary/aromatic N) is 1. The number of carbonyl (C=O) groups excluding carboxylic acids is 1. The Morgan fingerprint density at radius 2 is 2.36 bits per heavy atom. The molecule has 0 saturated heterocycles. The quantitative estimate of drug-likeness (QED) is 0.843. The summed E-state index contributed by atoms with van der Waals surface area (Å²) in [5, 5.41) is 2.14. The second-order valence-electron chi connectivity index (χ2n) is 2.43. The molecule has 76 valence electrons. The van der Waals surface area contributed by atoms with Crippen LogP contribution in [0.4, 0.5) is 8.78 Å². The summed E-state index contributed by atoms with van der Waals surface area (Å²) in [6.07, 6.45) is -1.22. The van der Waals surface area contributed by atoms with Crippen molar-refractivity contribution in [3.8, 4) is 0 Å². The van der Waals surface area contributed by atoms with Gasteiger partial charge in [-0.25, -0.2) is 13.8 Å². The second-order valence-corrected chi connectivity index (χ2v) is 2.84. The Kier molecular flexibility index (Phi) is 3.76. The highest BCUT2D eigenvalue weighted by Gasteiger charge is 2.12. The number of amides is 1. The fourth-order valence-corrected chi connectivity index (χ4v) is 1.01. The van der Waals surface area contributed by atoms with E-state index >= 15 is 0 Å². The standard InChI is InChI=1S/C8H7ClF2N2O/c9-5-2-1-3-12-7(5)8(14)13-4-6(10)11/h1-3,6H,4H2,(H,13,14). The fraction of sp³-hybridized carbons (Fsp3) is 0.250. The van der Waals surface area contributed by atoms with E-state index in [1.165, 1.54) is 12.3 Å². The maximum absolute atomic E-state index is 11.7. The molecule has 0 spiro atoms. The molecule has 0 aliphatic heterocycles. The smallest absolute Gasteiger partial charge is 0.271 e. The van der Waals surface area contributed by atoms with Crippen LogP contribution in [0, 0.1) is 0 Å². The zero-order chi connectivity index (χ0) is 10.6. The van der Waals surface area contributed by atoms with Gasteiger partial charge in [-0.3, -0.25) is 4.79 Å². The van der Waals surface area contributed by atoms with Crippen LogP contribution in [0.1, 0.15) is 10.5 Å². The summed E-state index contributed by atoms with van der Waals surface area (Å²) in [4.78, 5) is 14.8. The normalized spacial score (nSPS) is 10.3. The van der Waals surface area contributed by atoms with Gasteiger partial charge >= 0.3 is 0 Å². The van der Waals surface area contributed by atoms with Gasteiger partial charge in [-0.05, 0) is 12.1 Å². The molecule has 0 aromatic carbocycles. The van der Waals surface area contributed by atoms with E-state index in [0.717, 1.165) is 0 Å². The first-order valence-electron chi connectivity index (χ1n) is 3.78. The van der Waals surface area contributed by atoms with E-state index in [1.807, 2.05) is 5.32 Å². The topological polar surface area (TPSA) is 42.0 Å². The first kappa shape index (κ1) is 10.8. The van der Waals surface area contributed by atoms with E-state index in [-0.39, 0.29) is 10.7 Å². The molecule has 0 aliphatic rings. The molecule has 0 saturated carbocycles. The monoisotopic (exact) mass is 220 g/mol. The molecule has 0 radical (unpaired) electrons. The molecule has 0 atom stereocenters. The third-order valence-electron chi connectivity index (χ3n) is 1.39. The zero-order valence-electron chi connectivity index (χ0n) is 7.01. The summed E-state index contributed by atoms with van der Waals surface area (Å²) < 4.78 is 23.5. The minimum absolute atomic E-state index is 0.0465. The minimum Gasteiger partial charge on any atom is -0.345 e. The number of carbonyl (C=O) groups is 1. The first-order valence-corrected chi connectivity index (χ1v) is 4.16. The first-order chi connectivity index (χ1) is 6.61. The summed E-state index contributed by atoms with van der Waals surface area (Å²) >= 11 is 5.62. The van der Waals surface area contributed by atoms with Gasteiger partial charge in [0.1, 0.15) is 5.69 Å². The van der Waals surface area contributed by atoms with Crippen LogP contribution < -0.4 is 5.32 Å². The number of pyridine rings is 1.